The lowest BCUT2D eigenvalue weighted by Crippen LogP contribution is -2.20. The number of rotatable bonds is 9. The Kier molecular flexibility index (Phi) is 7.74. The molecule has 1 amide bonds. The first-order chi connectivity index (χ1) is 17.1. The van der Waals surface area contributed by atoms with E-state index < -0.39 is 0 Å². The number of hydrogen-bond donors (Lipinski definition) is 1. The Hall–Kier alpha value is -4.18. The third-order valence-corrected chi connectivity index (χ3v) is 5.82. The highest BCUT2D eigenvalue weighted by atomic mass is 32.2. The molecule has 0 radical (unpaired) electrons. The number of halogens is 1. The van der Waals surface area contributed by atoms with Crippen molar-refractivity contribution < 1.29 is 18.7 Å². The molecule has 178 valence electrons. The van der Waals surface area contributed by atoms with Crippen LogP contribution in [0.2, 0.25) is 0 Å². The summed E-state index contributed by atoms with van der Waals surface area (Å²) in [5.41, 5.74) is 4.76. The molecule has 0 aliphatic rings. The van der Waals surface area contributed by atoms with Crippen molar-refractivity contribution in [2.45, 2.75) is 5.16 Å². The van der Waals surface area contributed by atoms with Gasteiger partial charge in [-0.1, -0.05) is 42.1 Å². The summed E-state index contributed by atoms with van der Waals surface area (Å²) in [6.45, 7) is 0. The Bertz CT molecular complexity index is 1330. The van der Waals surface area contributed by atoms with Crippen LogP contribution in [0.3, 0.4) is 0 Å². The highest BCUT2D eigenvalue weighted by Crippen LogP contribution is 2.34. The van der Waals surface area contributed by atoms with Crippen molar-refractivity contribution in [2.24, 2.45) is 5.10 Å². The van der Waals surface area contributed by atoms with Crippen molar-refractivity contribution in [1.82, 2.24) is 20.2 Å². The fraction of sp³-hybridized carbons (Fsp3) is 0.120. The van der Waals surface area contributed by atoms with Gasteiger partial charge in [0, 0.05) is 11.3 Å². The average molecular weight is 492 g/mol. The maximum absolute atomic E-state index is 13.0. The van der Waals surface area contributed by atoms with E-state index in [2.05, 4.69) is 20.7 Å². The van der Waals surface area contributed by atoms with Crippen LogP contribution in [0, 0.1) is 5.82 Å². The first kappa shape index (κ1) is 24.0. The monoisotopic (exact) mass is 491 g/mol. The fourth-order valence-electron chi connectivity index (χ4n) is 3.23. The minimum absolute atomic E-state index is 0.0671. The molecule has 4 aromatic rings. The van der Waals surface area contributed by atoms with Crippen molar-refractivity contribution in [1.29, 1.82) is 0 Å². The number of nitrogens with one attached hydrogen (secondary N) is 1. The SMILES string of the molecule is COc1ccc(-c2nnc(SCC(=O)NN=Cc3ccc(F)cc3)n2-c2ccccc2)cc1OC. The zero-order chi connectivity index (χ0) is 24.6. The molecular weight excluding hydrogens is 469 g/mol. The van der Waals surface area contributed by atoms with Crippen LogP contribution >= 0.6 is 11.8 Å². The van der Waals surface area contributed by atoms with Gasteiger partial charge in [-0.25, -0.2) is 9.82 Å². The van der Waals surface area contributed by atoms with Crippen molar-refractivity contribution in [3.8, 4) is 28.6 Å². The van der Waals surface area contributed by atoms with Crippen LogP contribution < -0.4 is 14.9 Å². The molecule has 0 bridgehead atoms. The van der Waals surface area contributed by atoms with Gasteiger partial charge in [0.05, 0.1) is 26.2 Å². The second-order valence-electron chi connectivity index (χ2n) is 7.18. The minimum Gasteiger partial charge on any atom is -0.493 e. The van der Waals surface area contributed by atoms with Crippen LogP contribution in [0.1, 0.15) is 5.56 Å². The molecule has 8 nitrogen and oxygen atoms in total. The number of carbonyl (C=O) groups is 1. The number of para-hydroxylation sites is 1. The van der Waals surface area contributed by atoms with Gasteiger partial charge < -0.3 is 9.47 Å². The van der Waals surface area contributed by atoms with E-state index in [4.69, 9.17) is 9.47 Å². The number of methoxy groups -OCH3 is 2. The molecular formula is C25H22FN5O3S. The number of nitrogens with zero attached hydrogens (tertiary/aromatic N) is 4. The Morgan fingerprint density at radius 2 is 1.77 bits per heavy atom. The van der Waals surface area contributed by atoms with Gasteiger partial charge in [0.25, 0.3) is 5.91 Å². The summed E-state index contributed by atoms with van der Waals surface area (Å²) in [5, 5.41) is 13.2. The molecule has 0 saturated heterocycles. The molecule has 4 rings (SSSR count). The van der Waals surface area contributed by atoms with Crippen LogP contribution in [0.25, 0.3) is 17.1 Å². The maximum atomic E-state index is 13.0. The maximum Gasteiger partial charge on any atom is 0.250 e. The van der Waals surface area contributed by atoms with Crippen molar-refractivity contribution in [2.75, 3.05) is 20.0 Å². The van der Waals surface area contributed by atoms with E-state index in [0.29, 0.717) is 28.0 Å². The number of ether oxygens (including phenoxy) is 2. The number of thioether (sulfide) groups is 1. The first-order valence-corrected chi connectivity index (χ1v) is 11.5. The highest BCUT2D eigenvalue weighted by Gasteiger charge is 2.18. The van der Waals surface area contributed by atoms with Gasteiger partial charge in [0.15, 0.2) is 22.5 Å². The lowest BCUT2D eigenvalue weighted by atomic mass is 10.2. The number of benzene rings is 3. The largest absolute Gasteiger partial charge is 0.493 e. The Balaban J connectivity index is 1.54. The molecule has 0 saturated carbocycles. The summed E-state index contributed by atoms with van der Waals surface area (Å²) < 4.78 is 25.6. The first-order valence-electron chi connectivity index (χ1n) is 10.5. The number of carbonyl (C=O) groups excluding carboxylic acids is 1. The lowest BCUT2D eigenvalue weighted by Gasteiger charge is -2.12. The van der Waals surface area contributed by atoms with Crippen LogP contribution in [0.5, 0.6) is 11.5 Å². The van der Waals surface area contributed by atoms with Crippen LogP contribution in [0.4, 0.5) is 4.39 Å². The van der Waals surface area contributed by atoms with Gasteiger partial charge in [0.1, 0.15) is 5.82 Å². The summed E-state index contributed by atoms with van der Waals surface area (Å²) >= 11 is 1.23. The number of amides is 1. The second kappa shape index (κ2) is 11.3. The van der Waals surface area contributed by atoms with Crippen molar-refractivity contribution in [3.63, 3.8) is 0 Å². The molecule has 1 aromatic heterocycles. The quantitative estimate of drug-likeness (QED) is 0.213. The van der Waals surface area contributed by atoms with Gasteiger partial charge >= 0.3 is 0 Å². The van der Waals surface area contributed by atoms with E-state index in [0.717, 1.165) is 11.3 Å². The van der Waals surface area contributed by atoms with Crippen molar-refractivity contribution in [3.05, 3.63) is 84.2 Å². The molecule has 10 heteroatoms. The molecule has 0 atom stereocenters. The molecule has 0 spiro atoms. The molecule has 1 heterocycles. The average Bonchev–Trinajstić information content (AvgIpc) is 3.32. The Labute approximate surface area is 205 Å². The molecule has 3 aromatic carbocycles. The molecule has 35 heavy (non-hydrogen) atoms. The van der Waals surface area contributed by atoms with E-state index in [1.54, 1.807) is 32.4 Å². The van der Waals surface area contributed by atoms with Gasteiger partial charge in [-0.2, -0.15) is 5.10 Å². The van der Waals surface area contributed by atoms with Crippen LogP contribution in [-0.2, 0) is 4.79 Å². The Morgan fingerprint density at radius 3 is 2.49 bits per heavy atom. The molecule has 0 fully saturated rings. The van der Waals surface area contributed by atoms with E-state index >= 15 is 0 Å². The third-order valence-electron chi connectivity index (χ3n) is 4.89. The van der Waals surface area contributed by atoms with Crippen LogP contribution in [0.15, 0.2) is 83.1 Å². The van der Waals surface area contributed by atoms with E-state index in [-0.39, 0.29) is 17.5 Å². The number of hydrazone groups is 1. The standard InChI is InChI=1S/C25H22FN5O3S/c1-33-21-13-10-18(14-22(21)34-2)24-29-30-25(31(24)20-6-4-3-5-7-20)35-16-23(32)28-27-15-17-8-11-19(26)12-9-17/h3-15H,16H2,1-2H3,(H,28,32). The van der Waals surface area contributed by atoms with E-state index in [1.165, 1.54) is 30.1 Å². The highest BCUT2D eigenvalue weighted by molar-refractivity contribution is 7.99. The molecule has 1 N–H and O–H groups in total. The van der Waals surface area contributed by atoms with Gasteiger partial charge in [0.2, 0.25) is 0 Å². The van der Waals surface area contributed by atoms with Crippen LogP contribution in [-0.4, -0.2) is 46.9 Å². The predicted octanol–water partition coefficient (Wildman–Crippen LogP) is 4.33. The summed E-state index contributed by atoms with van der Waals surface area (Å²) in [6.07, 6.45) is 1.45. The Morgan fingerprint density at radius 1 is 1.03 bits per heavy atom. The van der Waals surface area contributed by atoms with Gasteiger partial charge in [-0.3, -0.25) is 9.36 Å². The molecule has 0 aliphatic carbocycles. The van der Waals surface area contributed by atoms with E-state index in [9.17, 15) is 9.18 Å². The fourth-order valence-corrected chi connectivity index (χ4v) is 3.97. The van der Waals surface area contributed by atoms with Gasteiger partial charge in [-0.15, -0.1) is 10.2 Å². The lowest BCUT2D eigenvalue weighted by molar-refractivity contribution is -0.118. The number of hydrogen-bond acceptors (Lipinski definition) is 7. The summed E-state index contributed by atoms with van der Waals surface area (Å²) in [6, 6.07) is 20.9. The number of aromatic nitrogens is 3. The minimum atomic E-state index is -0.336. The second-order valence-corrected chi connectivity index (χ2v) is 8.12. The summed E-state index contributed by atoms with van der Waals surface area (Å²) in [5.74, 6) is 1.18. The van der Waals surface area contributed by atoms with E-state index in [1.807, 2.05) is 47.0 Å². The summed E-state index contributed by atoms with van der Waals surface area (Å²) in [7, 11) is 3.15. The summed E-state index contributed by atoms with van der Waals surface area (Å²) in [4.78, 5) is 12.3. The topological polar surface area (TPSA) is 90.6 Å². The zero-order valence-corrected chi connectivity index (χ0v) is 19.8. The third kappa shape index (κ3) is 5.85. The van der Waals surface area contributed by atoms with Crippen molar-refractivity contribution >= 4 is 23.9 Å². The molecule has 0 unspecified atom stereocenters. The zero-order valence-electron chi connectivity index (χ0n) is 19.0. The molecule has 0 aliphatic heterocycles. The normalized spacial score (nSPS) is 10.9. The predicted molar refractivity (Wildman–Crippen MR) is 133 cm³/mol. The smallest absolute Gasteiger partial charge is 0.250 e. The van der Waals surface area contributed by atoms with Gasteiger partial charge in [-0.05, 0) is 48.0 Å².